The maximum atomic E-state index is 5.47. The molecule has 100 valence electrons. The second-order valence-corrected chi connectivity index (χ2v) is 4.97. The number of halogens is 1. The topological polar surface area (TPSA) is 47.0 Å². The van der Waals surface area contributed by atoms with Crippen LogP contribution in [0.2, 0.25) is 0 Å². The van der Waals surface area contributed by atoms with Crippen molar-refractivity contribution >= 4 is 21.9 Å². The molecular formula is C14H16BrN3O. The Morgan fingerprint density at radius 3 is 3.00 bits per heavy atom. The number of nitrogens with one attached hydrogen (secondary N) is 1. The number of ether oxygens (including phenoxy) is 1. The third-order valence-corrected chi connectivity index (χ3v) is 2.92. The zero-order valence-corrected chi connectivity index (χ0v) is 12.4. The molecule has 2 rings (SSSR count). The molecule has 4 nitrogen and oxygen atoms in total. The fourth-order valence-corrected chi connectivity index (χ4v) is 1.99. The normalized spacial score (nSPS) is 10.2. The van der Waals surface area contributed by atoms with Gasteiger partial charge >= 0.3 is 0 Å². The average molecular weight is 322 g/mol. The van der Waals surface area contributed by atoms with E-state index in [1.165, 1.54) is 0 Å². The molecule has 1 heterocycles. The Bertz CT molecular complexity index is 534. The Kier molecular flexibility index (Phi) is 5.15. The largest absolute Gasteiger partial charge is 0.478 e. The Labute approximate surface area is 121 Å². The van der Waals surface area contributed by atoms with Crippen molar-refractivity contribution in [2.24, 2.45) is 0 Å². The van der Waals surface area contributed by atoms with E-state index < -0.39 is 0 Å². The standard InChI is InChI=1S/C14H16BrN3O/c1-2-8-19-13-6-7-16-14(18-13)17-10-11-4-3-5-12(15)9-11/h3-7,9H,2,8,10H2,1H3,(H,16,17,18). The molecule has 2 aromatic rings. The van der Waals surface area contributed by atoms with Crippen LogP contribution in [0.4, 0.5) is 5.95 Å². The Morgan fingerprint density at radius 1 is 1.32 bits per heavy atom. The van der Waals surface area contributed by atoms with Crippen molar-refractivity contribution in [3.8, 4) is 5.88 Å². The lowest BCUT2D eigenvalue weighted by Crippen LogP contribution is -2.05. The molecule has 0 aliphatic heterocycles. The fraction of sp³-hybridized carbons (Fsp3) is 0.286. The van der Waals surface area contributed by atoms with Crippen LogP contribution in [0, 0.1) is 0 Å². The SMILES string of the molecule is CCCOc1ccnc(NCc2cccc(Br)c2)n1. The second kappa shape index (κ2) is 7.09. The average Bonchev–Trinajstić information content (AvgIpc) is 2.43. The first-order chi connectivity index (χ1) is 9.28. The van der Waals surface area contributed by atoms with Gasteiger partial charge in [0.25, 0.3) is 0 Å². The summed E-state index contributed by atoms with van der Waals surface area (Å²) in [5.41, 5.74) is 1.16. The van der Waals surface area contributed by atoms with Gasteiger partial charge in [-0.2, -0.15) is 4.98 Å². The highest BCUT2D eigenvalue weighted by Gasteiger charge is 2.00. The van der Waals surface area contributed by atoms with Crippen molar-refractivity contribution in [1.82, 2.24) is 9.97 Å². The van der Waals surface area contributed by atoms with Gasteiger partial charge in [-0.15, -0.1) is 0 Å². The van der Waals surface area contributed by atoms with Crippen molar-refractivity contribution in [2.75, 3.05) is 11.9 Å². The van der Waals surface area contributed by atoms with E-state index in [9.17, 15) is 0 Å². The number of aromatic nitrogens is 2. The van der Waals surface area contributed by atoms with Gasteiger partial charge in [0.05, 0.1) is 6.61 Å². The predicted molar refractivity (Wildman–Crippen MR) is 79.3 cm³/mol. The van der Waals surface area contributed by atoms with Crippen LogP contribution in [0.5, 0.6) is 5.88 Å². The molecule has 0 atom stereocenters. The first-order valence-electron chi connectivity index (χ1n) is 6.22. The monoisotopic (exact) mass is 321 g/mol. The van der Waals surface area contributed by atoms with Crippen molar-refractivity contribution in [3.05, 3.63) is 46.6 Å². The molecule has 5 heteroatoms. The number of anilines is 1. The summed E-state index contributed by atoms with van der Waals surface area (Å²) in [5.74, 6) is 1.18. The Morgan fingerprint density at radius 2 is 2.21 bits per heavy atom. The molecule has 0 unspecified atom stereocenters. The van der Waals surface area contributed by atoms with Crippen molar-refractivity contribution < 1.29 is 4.74 Å². The van der Waals surface area contributed by atoms with E-state index in [1.54, 1.807) is 12.3 Å². The highest BCUT2D eigenvalue weighted by Crippen LogP contribution is 2.13. The van der Waals surface area contributed by atoms with Gasteiger partial charge in [0, 0.05) is 23.3 Å². The molecule has 1 N–H and O–H groups in total. The number of hydrogen-bond acceptors (Lipinski definition) is 4. The van der Waals surface area contributed by atoms with E-state index in [1.807, 2.05) is 12.1 Å². The lowest BCUT2D eigenvalue weighted by molar-refractivity contribution is 0.305. The summed E-state index contributed by atoms with van der Waals surface area (Å²) < 4.78 is 6.53. The van der Waals surface area contributed by atoms with Gasteiger partial charge < -0.3 is 10.1 Å². The van der Waals surface area contributed by atoms with Gasteiger partial charge in [0.2, 0.25) is 11.8 Å². The minimum atomic E-state index is 0.577. The van der Waals surface area contributed by atoms with Crippen LogP contribution in [0.15, 0.2) is 41.0 Å². The summed E-state index contributed by atoms with van der Waals surface area (Å²) in [4.78, 5) is 8.46. The maximum Gasteiger partial charge on any atom is 0.226 e. The van der Waals surface area contributed by atoms with E-state index in [4.69, 9.17) is 4.74 Å². The second-order valence-electron chi connectivity index (χ2n) is 4.05. The minimum Gasteiger partial charge on any atom is -0.478 e. The molecule has 0 spiro atoms. The van der Waals surface area contributed by atoms with E-state index >= 15 is 0 Å². The van der Waals surface area contributed by atoms with Crippen LogP contribution in [0.1, 0.15) is 18.9 Å². The van der Waals surface area contributed by atoms with E-state index in [2.05, 4.69) is 50.3 Å². The molecule has 0 saturated heterocycles. The summed E-state index contributed by atoms with van der Waals surface area (Å²) in [5, 5.41) is 3.18. The van der Waals surface area contributed by atoms with Gasteiger partial charge in [0.1, 0.15) is 0 Å². The zero-order chi connectivity index (χ0) is 13.5. The number of benzene rings is 1. The summed E-state index contributed by atoms with van der Waals surface area (Å²) in [6.07, 6.45) is 2.66. The van der Waals surface area contributed by atoms with Crippen LogP contribution in [0.3, 0.4) is 0 Å². The van der Waals surface area contributed by atoms with Crippen LogP contribution >= 0.6 is 15.9 Å². The van der Waals surface area contributed by atoms with E-state index in [0.717, 1.165) is 16.5 Å². The molecular weight excluding hydrogens is 306 g/mol. The third kappa shape index (κ3) is 4.52. The van der Waals surface area contributed by atoms with Crippen molar-refractivity contribution in [2.45, 2.75) is 19.9 Å². The molecule has 0 aliphatic rings. The Balaban J connectivity index is 1.95. The van der Waals surface area contributed by atoms with Gasteiger partial charge in [-0.05, 0) is 24.1 Å². The molecule has 1 aromatic heterocycles. The molecule has 0 bridgehead atoms. The van der Waals surface area contributed by atoms with Gasteiger partial charge in [-0.1, -0.05) is 35.0 Å². The molecule has 0 radical (unpaired) electrons. The van der Waals surface area contributed by atoms with Crippen molar-refractivity contribution in [3.63, 3.8) is 0 Å². The summed E-state index contributed by atoms with van der Waals surface area (Å²) in [6, 6.07) is 9.88. The van der Waals surface area contributed by atoms with E-state index in [-0.39, 0.29) is 0 Å². The molecule has 0 fully saturated rings. The maximum absolute atomic E-state index is 5.47. The van der Waals surface area contributed by atoms with Gasteiger partial charge in [-0.25, -0.2) is 4.98 Å². The first kappa shape index (κ1) is 13.8. The molecule has 1 aromatic carbocycles. The zero-order valence-electron chi connectivity index (χ0n) is 10.8. The Hall–Kier alpha value is -1.62. The van der Waals surface area contributed by atoms with E-state index in [0.29, 0.717) is 25.0 Å². The number of hydrogen-bond donors (Lipinski definition) is 1. The lowest BCUT2D eigenvalue weighted by atomic mass is 10.2. The minimum absolute atomic E-state index is 0.577. The quantitative estimate of drug-likeness (QED) is 0.882. The van der Waals surface area contributed by atoms with Crippen LogP contribution in [-0.4, -0.2) is 16.6 Å². The molecule has 0 amide bonds. The lowest BCUT2D eigenvalue weighted by Gasteiger charge is -2.07. The molecule has 0 aliphatic carbocycles. The summed E-state index contributed by atoms with van der Waals surface area (Å²) >= 11 is 3.45. The molecule has 0 saturated carbocycles. The predicted octanol–water partition coefficient (Wildman–Crippen LogP) is 3.64. The fourth-order valence-electron chi connectivity index (χ4n) is 1.54. The van der Waals surface area contributed by atoms with Crippen LogP contribution < -0.4 is 10.1 Å². The molecule has 19 heavy (non-hydrogen) atoms. The summed E-state index contributed by atoms with van der Waals surface area (Å²) in [7, 11) is 0. The highest BCUT2D eigenvalue weighted by atomic mass is 79.9. The number of nitrogens with zero attached hydrogens (tertiary/aromatic N) is 2. The third-order valence-electron chi connectivity index (χ3n) is 2.42. The summed E-state index contributed by atoms with van der Waals surface area (Å²) in [6.45, 7) is 3.41. The number of rotatable bonds is 6. The smallest absolute Gasteiger partial charge is 0.226 e. The highest BCUT2D eigenvalue weighted by molar-refractivity contribution is 9.10. The van der Waals surface area contributed by atoms with Crippen molar-refractivity contribution in [1.29, 1.82) is 0 Å². The first-order valence-corrected chi connectivity index (χ1v) is 7.01. The van der Waals surface area contributed by atoms with Crippen LogP contribution in [0.25, 0.3) is 0 Å². The van der Waals surface area contributed by atoms with Gasteiger partial charge in [-0.3, -0.25) is 0 Å². The van der Waals surface area contributed by atoms with Crippen LogP contribution in [-0.2, 0) is 6.54 Å². The van der Waals surface area contributed by atoms with Gasteiger partial charge in [0.15, 0.2) is 0 Å².